The maximum atomic E-state index is 13.4. The third kappa shape index (κ3) is 11.8. The molecule has 0 unspecified atom stereocenters. The van der Waals surface area contributed by atoms with E-state index in [4.69, 9.17) is 0 Å². The number of hydrogen-bond donors (Lipinski definition) is 4. The molecule has 234 valence electrons. The summed E-state index contributed by atoms with van der Waals surface area (Å²) in [7, 11) is -4.58. The highest BCUT2D eigenvalue weighted by Crippen LogP contribution is 2.34. The first kappa shape index (κ1) is 34.8. The van der Waals surface area contributed by atoms with Gasteiger partial charge in [0.25, 0.3) is 0 Å². The predicted octanol–water partition coefficient (Wildman–Crippen LogP) is 5.56. The van der Waals surface area contributed by atoms with Crippen LogP contribution in [0.5, 0.6) is 0 Å². The van der Waals surface area contributed by atoms with Gasteiger partial charge in [0.05, 0.1) is 10.5 Å². The minimum Gasteiger partial charge on any atom is -0.336 e. The fourth-order valence-corrected chi connectivity index (χ4v) is 5.45. The number of para-hydroxylation sites is 1. The Balaban J connectivity index is 2.04. The maximum absolute atomic E-state index is 13.4. The number of benzene rings is 2. The molecule has 4 amide bonds. The lowest BCUT2D eigenvalue weighted by Gasteiger charge is -2.30. The average Bonchev–Trinajstić information content (AvgIpc) is 2.86. The van der Waals surface area contributed by atoms with Crippen LogP contribution < -0.4 is 20.7 Å². The highest BCUT2D eigenvalue weighted by molar-refractivity contribution is 7.89. The Morgan fingerprint density at radius 1 is 0.952 bits per heavy atom. The van der Waals surface area contributed by atoms with Gasteiger partial charge in [0.2, 0.25) is 10.0 Å². The number of hydrogen-bond acceptors (Lipinski definition) is 4. The van der Waals surface area contributed by atoms with Gasteiger partial charge in [-0.05, 0) is 69.4 Å². The van der Waals surface area contributed by atoms with Gasteiger partial charge in [-0.25, -0.2) is 27.1 Å². The number of nitrogens with one attached hydrogen (secondary N) is 4. The Morgan fingerprint density at radius 2 is 1.62 bits per heavy atom. The Morgan fingerprint density at radius 3 is 2.21 bits per heavy atom. The van der Waals surface area contributed by atoms with Gasteiger partial charge in [-0.15, -0.1) is 0 Å². The molecule has 0 aliphatic heterocycles. The van der Waals surface area contributed by atoms with Gasteiger partial charge < -0.3 is 20.9 Å². The van der Waals surface area contributed by atoms with Crippen molar-refractivity contribution in [2.75, 3.05) is 25.0 Å². The lowest BCUT2D eigenvalue weighted by Crippen LogP contribution is -2.51. The van der Waals surface area contributed by atoms with E-state index in [0.717, 1.165) is 0 Å². The van der Waals surface area contributed by atoms with Gasteiger partial charge in [-0.1, -0.05) is 32.0 Å². The van der Waals surface area contributed by atoms with E-state index in [1.165, 1.54) is 4.90 Å². The number of alkyl halides is 3. The zero-order valence-corrected chi connectivity index (χ0v) is 24.9. The molecule has 0 aromatic heterocycles. The third-order valence-corrected chi connectivity index (χ3v) is 7.47. The van der Waals surface area contributed by atoms with E-state index in [0.29, 0.717) is 30.7 Å². The summed E-state index contributed by atoms with van der Waals surface area (Å²) in [5.74, 6) is -1.01. The molecule has 1 atom stereocenters. The van der Waals surface area contributed by atoms with E-state index in [9.17, 15) is 35.6 Å². The summed E-state index contributed by atoms with van der Waals surface area (Å²) in [6.45, 7) is 7.74. The van der Waals surface area contributed by atoms with Crippen molar-refractivity contribution in [3.05, 3.63) is 59.9 Å². The second-order valence-corrected chi connectivity index (χ2v) is 12.3. The second-order valence-electron chi connectivity index (χ2n) is 10.6. The standard InChI is InChI=1S/C28H39F4N5O4S/c1-19(2)16-23(36-26(38)35-22-10-6-5-7-11-22)18-37(27(39)34-20(3)4)15-9-8-14-33-42(40,41)25-13-12-21(29)17-24(25)28(30,31)32/h5-7,10-13,17,19-20,23,33H,8-9,14-16,18H2,1-4H3,(H,34,39)(H2,35,36,38)/t23-/m1/s1. The van der Waals surface area contributed by atoms with Crippen LogP contribution in [0.3, 0.4) is 0 Å². The number of anilines is 1. The van der Waals surface area contributed by atoms with Gasteiger partial charge in [0, 0.05) is 37.4 Å². The van der Waals surface area contributed by atoms with Crippen molar-refractivity contribution in [3.63, 3.8) is 0 Å². The summed E-state index contributed by atoms with van der Waals surface area (Å²) in [6.07, 6.45) is -3.97. The Bertz CT molecular complexity index is 1270. The second kappa shape index (κ2) is 15.7. The molecule has 0 saturated heterocycles. The normalized spacial score (nSPS) is 12.7. The molecule has 0 aliphatic rings. The summed E-state index contributed by atoms with van der Waals surface area (Å²) >= 11 is 0. The number of sulfonamides is 1. The first-order valence-corrected chi connectivity index (χ1v) is 15.1. The molecular weight excluding hydrogens is 578 g/mol. The topological polar surface area (TPSA) is 120 Å². The van der Waals surface area contributed by atoms with Gasteiger partial charge in [-0.3, -0.25) is 0 Å². The largest absolute Gasteiger partial charge is 0.417 e. The summed E-state index contributed by atoms with van der Waals surface area (Å²) in [6, 6.07) is 8.89. The number of carbonyl (C=O) groups is 2. The molecule has 42 heavy (non-hydrogen) atoms. The van der Waals surface area contributed by atoms with Gasteiger partial charge in [-0.2, -0.15) is 13.2 Å². The van der Waals surface area contributed by atoms with Crippen LogP contribution in [0.25, 0.3) is 0 Å². The summed E-state index contributed by atoms with van der Waals surface area (Å²) < 4.78 is 80.5. The SMILES string of the molecule is CC(C)C[C@H](CN(CCCCNS(=O)(=O)c1ccc(F)cc1C(F)(F)F)C(=O)NC(C)C)NC(=O)Nc1ccccc1. The zero-order chi connectivity index (χ0) is 31.5. The molecule has 2 aromatic carbocycles. The van der Waals surface area contributed by atoms with E-state index >= 15 is 0 Å². The van der Waals surface area contributed by atoms with Gasteiger partial charge in [0.1, 0.15) is 5.82 Å². The molecule has 0 aliphatic carbocycles. The van der Waals surface area contributed by atoms with Crippen LogP contribution in [0.4, 0.5) is 32.8 Å². The number of amides is 4. The fourth-order valence-electron chi connectivity index (χ4n) is 4.17. The highest BCUT2D eigenvalue weighted by Gasteiger charge is 2.37. The first-order valence-electron chi connectivity index (χ1n) is 13.6. The molecule has 0 radical (unpaired) electrons. The summed E-state index contributed by atoms with van der Waals surface area (Å²) in [4.78, 5) is 26.1. The van der Waals surface area contributed by atoms with E-state index in [-0.39, 0.29) is 50.1 Å². The maximum Gasteiger partial charge on any atom is 0.417 e. The van der Waals surface area contributed by atoms with Crippen molar-refractivity contribution in [1.82, 2.24) is 20.3 Å². The van der Waals surface area contributed by atoms with E-state index in [2.05, 4.69) is 20.7 Å². The third-order valence-electron chi connectivity index (χ3n) is 5.95. The van der Waals surface area contributed by atoms with Crippen LogP contribution in [0.15, 0.2) is 53.4 Å². The highest BCUT2D eigenvalue weighted by atomic mass is 32.2. The quantitative estimate of drug-likeness (QED) is 0.164. The van der Waals surface area contributed by atoms with Crippen LogP contribution in [0.2, 0.25) is 0 Å². The Kier molecular flexibility index (Phi) is 13.0. The molecule has 0 fully saturated rings. The van der Waals surface area contributed by atoms with Crippen molar-refractivity contribution in [1.29, 1.82) is 0 Å². The van der Waals surface area contributed by atoms with Crippen molar-refractivity contribution >= 4 is 27.8 Å². The van der Waals surface area contributed by atoms with Crippen molar-refractivity contribution in [2.45, 2.75) is 70.1 Å². The first-order chi connectivity index (χ1) is 19.6. The van der Waals surface area contributed by atoms with Crippen molar-refractivity contribution in [2.24, 2.45) is 5.92 Å². The van der Waals surface area contributed by atoms with E-state index in [1.807, 2.05) is 19.9 Å². The van der Waals surface area contributed by atoms with E-state index < -0.39 is 44.5 Å². The lowest BCUT2D eigenvalue weighted by atomic mass is 10.0. The van der Waals surface area contributed by atoms with Crippen LogP contribution in [-0.2, 0) is 16.2 Å². The zero-order valence-electron chi connectivity index (χ0n) is 24.1. The number of nitrogens with zero attached hydrogens (tertiary/aromatic N) is 1. The van der Waals surface area contributed by atoms with Crippen molar-refractivity contribution in [3.8, 4) is 0 Å². The molecule has 0 bridgehead atoms. The van der Waals surface area contributed by atoms with Crippen LogP contribution in [0, 0.1) is 11.7 Å². The molecule has 2 rings (SSSR count). The minimum absolute atomic E-state index is 0.140. The van der Waals surface area contributed by atoms with Crippen LogP contribution in [0.1, 0.15) is 52.5 Å². The molecule has 0 saturated carbocycles. The summed E-state index contributed by atoms with van der Waals surface area (Å²) in [5.41, 5.74) is -0.982. The van der Waals surface area contributed by atoms with Crippen LogP contribution in [-0.4, -0.2) is 57.1 Å². The monoisotopic (exact) mass is 617 g/mol. The van der Waals surface area contributed by atoms with E-state index in [1.54, 1.807) is 38.1 Å². The molecule has 0 spiro atoms. The fraction of sp³-hybridized carbons (Fsp3) is 0.500. The Labute approximate surface area is 244 Å². The number of unbranched alkanes of at least 4 members (excludes halogenated alkanes) is 1. The van der Waals surface area contributed by atoms with Gasteiger partial charge in [0.15, 0.2) is 0 Å². The number of rotatable bonds is 14. The average molecular weight is 618 g/mol. The minimum atomic E-state index is -5.06. The molecular formula is C28H39F4N5O4S. The van der Waals surface area contributed by atoms with Crippen LogP contribution >= 0.6 is 0 Å². The number of halogens is 4. The molecule has 2 aromatic rings. The van der Waals surface area contributed by atoms with Crippen molar-refractivity contribution < 1.29 is 35.6 Å². The van der Waals surface area contributed by atoms with Gasteiger partial charge >= 0.3 is 18.2 Å². The molecule has 4 N–H and O–H groups in total. The number of carbonyl (C=O) groups excluding carboxylic acids is 2. The molecule has 9 nitrogen and oxygen atoms in total. The summed E-state index contributed by atoms with van der Waals surface area (Å²) in [5, 5.41) is 8.49. The smallest absolute Gasteiger partial charge is 0.336 e. The predicted molar refractivity (Wildman–Crippen MR) is 153 cm³/mol. The lowest BCUT2D eigenvalue weighted by molar-refractivity contribution is -0.140. The molecule has 0 heterocycles. The molecule has 14 heteroatoms. The Hall–Kier alpha value is -3.39. The number of urea groups is 2.